The molecule has 1 aromatic heterocycles. The number of ether oxygens (including phenoxy) is 1. The summed E-state index contributed by atoms with van der Waals surface area (Å²) in [5, 5.41) is 9.87. The molecule has 0 N–H and O–H groups in total. The SMILES string of the molecule is Cc1ccc(/C=c2\s/c(=C(/C#N)C(=O)N3CCOCC3)n(-c3ccc(F)cc3)c2=O)cc1. The number of rotatable bonds is 3. The number of carbonyl (C=O) groups excluding carboxylic acids is 1. The third-order valence-corrected chi connectivity index (χ3v) is 6.21. The second-order valence-corrected chi connectivity index (χ2v) is 8.37. The molecule has 0 atom stereocenters. The Bertz CT molecular complexity index is 1360. The van der Waals surface area contributed by atoms with Gasteiger partial charge in [-0.1, -0.05) is 29.8 Å². The largest absolute Gasteiger partial charge is 0.378 e. The van der Waals surface area contributed by atoms with Gasteiger partial charge in [0.2, 0.25) is 0 Å². The molecule has 4 rings (SSSR count). The Morgan fingerprint density at radius 3 is 2.41 bits per heavy atom. The third-order valence-electron chi connectivity index (χ3n) is 5.12. The van der Waals surface area contributed by atoms with Crippen LogP contribution in [-0.4, -0.2) is 41.7 Å². The molecule has 0 saturated carbocycles. The number of hydrogen-bond acceptors (Lipinski definition) is 5. The van der Waals surface area contributed by atoms with Crippen LogP contribution in [-0.2, 0) is 9.53 Å². The fourth-order valence-corrected chi connectivity index (χ4v) is 4.50. The van der Waals surface area contributed by atoms with Crippen molar-refractivity contribution in [3.8, 4) is 11.8 Å². The number of benzene rings is 2. The molecule has 1 saturated heterocycles. The molecule has 0 aliphatic carbocycles. The van der Waals surface area contributed by atoms with E-state index in [1.165, 1.54) is 28.8 Å². The van der Waals surface area contributed by atoms with Crippen molar-refractivity contribution in [1.82, 2.24) is 9.47 Å². The predicted octanol–water partition coefficient (Wildman–Crippen LogP) is 1.71. The first kappa shape index (κ1) is 21.7. The molecule has 8 heteroatoms. The van der Waals surface area contributed by atoms with Gasteiger partial charge in [0.05, 0.1) is 23.4 Å². The number of hydrogen-bond donors (Lipinski definition) is 0. The third kappa shape index (κ3) is 4.40. The highest BCUT2D eigenvalue weighted by atomic mass is 32.1. The smallest absolute Gasteiger partial charge is 0.273 e. The van der Waals surface area contributed by atoms with Gasteiger partial charge < -0.3 is 9.64 Å². The summed E-state index contributed by atoms with van der Waals surface area (Å²) in [6.07, 6.45) is 1.73. The first-order chi connectivity index (χ1) is 15.5. The van der Waals surface area contributed by atoms with Gasteiger partial charge in [-0.15, -0.1) is 11.3 Å². The lowest BCUT2D eigenvalue weighted by Gasteiger charge is -2.26. The number of morpholine rings is 1. The number of aryl methyl sites for hydroxylation is 1. The molecule has 2 aromatic carbocycles. The topological polar surface area (TPSA) is 75.3 Å². The quantitative estimate of drug-likeness (QED) is 0.610. The normalized spacial score (nSPS) is 15.4. The van der Waals surface area contributed by atoms with Gasteiger partial charge in [-0.3, -0.25) is 14.2 Å². The molecular weight excluding hydrogens is 429 g/mol. The van der Waals surface area contributed by atoms with Crippen molar-refractivity contribution in [2.45, 2.75) is 6.92 Å². The minimum Gasteiger partial charge on any atom is -0.378 e. The molecular formula is C24H20FN3O3S. The Labute approximate surface area is 187 Å². The first-order valence-corrected chi connectivity index (χ1v) is 10.9. The zero-order valence-electron chi connectivity index (χ0n) is 17.4. The fraction of sp³-hybridized carbons (Fsp3) is 0.208. The Balaban J connectivity index is 1.97. The van der Waals surface area contributed by atoms with Crippen LogP contribution in [0.3, 0.4) is 0 Å². The summed E-state index contributed by atoms with van der Waals surface area (Å²) < 4.78 is 20.7. The van der Waals surface area contributed by atoms with Crippen LogP contribution in [0.1, 0.15) is 11.1 Å². The van der Waals surface area contributed by atoms with Crippen LogP contribution in [0.15, 0.2) is 53.3 Å². The van der Waals surface area contributed by atoms with E-state index in [1.807, 2.05) is 37.3 Å². The molecule has 1 aliphatic rings. The summed E-state index contributed by atoms with van der Waals surface area (Å²) in [7, 11) is 0. The second-order valence-electron chi connectivity index (χ2n) is 7.33. The van der Waals surface area contributed by atoms with E-state index in [-0.39, 0.29) is 15.8 Å². The summed E-state index contributed by atoms with van der Waals surface area (Å²) in [6, 6.07) is 15.0. The Morgan fingerprint density at radius 2 is 1.78 bits per heavy atom. The average Bonchev–Trinajstić information content (AvgIpc) is 3.12. The van der Waals surface area contributed by atoms with Crippen LogP contribution >= 0.6 is 11.3 Å². The molecule has 0 unspecified atom stereocenters. The fourth-order valence-electron chi connectivity index (χ4n) is 3.40. The molecule has 1 aliphatic heterocycles. The van der Waals surface area contributed by atoms with Crippen LogP contribution in [0.5, 0.6) is 0 Å². The maximum absolute atomic E-state index is 13.5. The summed E-state index contributed by atoms with van der Waals surface area (Å²) in [5.41, 5.74) is 1.80. The van der Waals surface area contributed by atoms with E-state index in [0.29, 0.717) is 36.5 Å². The highest BCUT2D eigenvalue weighted by Gasteiger charge is 2.24. The van der Waals surface area contributed by atoms with Crippen molar-refractivity contribution >= 4 is 28.9 Å². The molecule has 1 amide bonds. The monoisotopic (exact) mass is 449 g/mol. The lowest BCUT2D eigenvalue weighted by molar-refractivity contribution is -0.128. The van der Waals surface area contributed by atoms with Crippen LogP contribution in [0.4, 0.5) is 4.39 Å². The zero-order chi connectivity index (χ0) is 22.7. The molecule has 6 nitrogen and oxygen atoms in total. The van der Waals surface area contributed by atoms with Gasteiger partial charge >= 0.3 is 0 Å². The first-order valence-electron chi connectivity index (χ1n) is 10.1. The summed E-state index contributed by atoms with van der Waals surface area (Å²) in [4.78, 5) is 28.0. The standard InChI is InChI=1S/C24H20FN3O3S/c1-16-2-4-17(5-3-16)14-21-23(30)28(19-8-6-18(25)7-9-19)24(32-21)20(15-26)22(29)27-10-12-31-13-11-27/h2-9,14H,10-13H2,1H3/b21-14-,24-20-. The average molecular weight is 450 g/mol. The van der Waals surface area contributed by atoms with Crippen molar-refractivity contribution in [2.24, 2.45) is 0 Å². The second kappa shape index (κ2) is 9.30. The van der Waals surface area contributed by atoms with E-state index in [1.54, 1.807) is 11.0 Å². The maximum Gasteiger partial charge on any atom is 0.273 e. The highest BCUT2D eigenvalue weighted by Crippen LogP contribution is 2.09. The minimum absolute atomic E-state index is 0.123. The number of thiazole rings is 1. The highest BCUT2D eigenvalue weighted by molar-refractivity contribution is 7.07. The maximum atomic E-state index is 13.5. The van der Waals surface area contributed by atoms with Gasteiger partial charge in [0, 0.05) is 13.1 Å². The molecule has 2 heterocycles. The van der Waals surface area contributed by atoms with Gasteiger partial charge in [0.1, 0.15) is 16.5 Å². The Hall–Kier alpha value is -3.54. The zero-order valence-corrected chi connectivity index (χ0v) is 18.2. The van der Waals surface area contributed by atoms with E-state index >= 15 is 0 Å². The van der Waals surface area contributed by atoms with Gasteiger partial charge in [-0.05, 0) is 42.8 Å². The number of nitriles is 1. The van der Waals surface area contributed by atoms with E-state index in [2.05, 4.69) is 0 Å². The van der Waals surface area contributed by atoms with Crippen LogP contribution in [0.25, 0.3) is 17.3 Å². The number of halogens is 1. The lowest BCUT2D eigenvalue weighted by atomic mass is 10.1. The van der Waals surface area contributed by atoms with E-state index in [9.17, 15) is 19.2 Å². The summed E-state index contributed by atoms with van der Waals surface area (Å²) >= 11 is 1.07. The van der Waals surface area contributed by atoms with Crippen molar-refractivity contribution in [3.05, 3.63) is 85.0 Å². The van der Waals surface area contributed by atoms with E-state index in [4.69, 9.17) is 4.74 Å². The number of nitrogens with zero attached hydrogens (tertiary/aromatic N) is 3. The Kier molecular flexibility index (Phi) is 6.30. The lowest BCUT2D eigenvalue weighted by Crippen LogP contribution is -2.42. The van der Waals surface area contributed by atoms with Gasteiger partial charge in [-0.25, -0.2) is 4.39 Å². The van der Waals surface area contributed by atoms with Crippen LogP contribution in [0.2, 0.25) is 0 Å². The van der Waals surface area contributed by atoms with E-state index < -0.39 is 11.7 Å². The molecule has 0 radical (unpaired) electrons. The number of aromatic nitrogens is 1. The summed E-state index contributed by atoms with van der Waals surface area (Å²) in [5.74, 6) is -0.895. The van der Waals surface area contributed by atoms with Gasteiger partial charge in [0.15, 0.2) is 5.57 Å². The van der Waals surface area contributed by atoms with Crippen molar-refractivity contribution in [1.29, 1.82) is 5.26 Å². The molecule has 162 valence electrons. The molecule has 1 fully saturated rings. The number of carbonyl (C=O) groups is 1. The Morgan fingerprint density at radius 1 is 1.12 bits per heavy atom. The van der Waals surface area contributed by atoms with Crippen LogP contribution in [0, 0.1) is 24.1 Å². The van der Waals surface area contributed by atoms with E-state index in [0.717, 1.165) is 22.5 Å². The van der Waals surface area contributed by atoms with Crippen molar-refractivity contribution < 1.29 is 13.9 Å². The molecule has 0 spiro atoms. The number of amides is 1. The van der Waals surface area contributed by atoms with Gasteiger partial charge in [0.25, 0.3) is 11.5 Å². The summed E-state index contributed by atoms with van der Waals surface area (Å²) in [6.45, 7) is 3.51. The molecule has 0 bridgehead atoms. The van der Waals surface area contributed by atoms with Crippen LogP contribution < -0.4 is 14.8 Å². The van der Waals surface area contributed by atoms with Crippen molar-refractivity contribution in [3.63, 3.8) is 0 Å². The van der Waals surface area contributed by atoms with Crippen molar-refractivity contribution in [2.75, 3.05) is 26.3 Å². The molecule has 3 aromatic rings. The minimum atomic E-state index is -0.449. The predicted molar refractivity (Wildman–Crippen MR) is 120 cm³/mol. The molecule has 32 heavy (non-hydrogen) atoms. The van der Waals surface area contributed by atoms with Gasteiger partial charge in [-0.2, -0.15) is 5.26 Å².